The highest BCUT2D eigenvalue weighted by Crippen LogP contribution is 2.27. The lowest BCUT2D eigenvalue weighted by Crippen LogP contribution is -2.48. The highest BCUT2D eigenvalue weighted by atomic mass is 16.5. The summed E-state index contributed by atoms with van der Waals surface area (Å²) in [5, 5.41) is 6.79. The molecule has 2 bridgehead atoms. The molecule has 2 aliphatic rings. The molecule has 0 aliphatic carbocycles. The van der Waals surface area contributed by atoms with Crippen LogP contribution in [0.1, 0.15) is 41.6 Å². The van der Waals surface area contributed by atoms with E-state index < -0.39 is 0 Å². The van der Waals surface area contributed by atoms with E-state index in [9.17, 15) is 4.79 Å². The molecule has 4 rings (SSSR count). The number of amides is 1. The Bertz CT molecular complexity index is 723. The predicted octanol–water partition coefficient (Wildman–Crippen LogP) is 2.67. The van der Waals surface area contributed by atoms with Gasteiger partial charge in [0.05, 0.1) is 0 Å². The van der Waals surface area contributed by atoms with Crippen molar-refractivity contribution in [2.75, 3.05) is 0 Å². The maximum atomic E-state index is 12.6. The molecule has 1 aromatic heterocycles. The molecule has 5 heteroatoms. The van der Waals surface area contributed by atoms with Crippen LogP contribution in [0.3, 0.4) is 0 Å². The lowest BCUT2D eigenvalue weighted by molar-refractivity contribution is 0.0923. The fraction of sp³-hybridized carbons (Fsp3) is 0.400. The molecule has 3 heterocycles. The van der Waals surface area contributed by atoms with Crippen LogP contribution in [-0.4, -0.2) is 29.0 Å². The number of nitrogens with one attached hydrogen (secondary N) is 2. The zero-order chi connectivity index (χ0) is 17.1. The number of ether oxygens (including phenoxy) is 1. The summed E-state index contributed by atoms with van der Waals surface area (Å²) in [5.41, 5.74) is 1.65. The first kappa shape index (κ1) is 16.1. The number of hydrogen-bond acceptors (Lipinski definition) is 4. The first-order valence-electron chi connectivity index (χ1n) is 8.95. The minimum atomic E-state index is -0.0156. The monoisotopic (exact) mass is 337 g/mol. The van der Waals surface area contributed by atoms with E-state index in [0.717, 1.165) is 18.4 Å². The van der Waals surface area contributed by atoms with Crippen LogP contribution in [0.15, 0.2) is 48.8 Å². The Hall–Kier alpha value is -2.40. The summed E-state index contributed by atoms with van der Waals surface area (Å²) < 4.78 is 5.79. The van der Waals surface area contributed by atoms with Crippen molar-refractivity contribution in [1.82, 2.24) is 15.6 Å². The minimum absolute atomic E-state index is 0.0156. The molecule has 25 heavy (non-hydrogen) atoms. The number of piperidine rings is 1. The third kappa shape index (κ3) is 3.99. The van der Waals surface area contributed by atoms with Gasteiger partial charge >= 0.3 is 0 Å². The maximum absolute atomic E-state index is 12.6. The maximum Gasteiger partial charge on any atom is 0.251 e. The van der Waals surface area contributed by atoms with Crippen molar-refractivity contribution in [3.63, 3.8) is 0 Å². The molecule has 2 fully saturated rings. The number of rotatable bonds is 5. The average Bonchev–Trinajstić information content (AvgIpc) is 2.99. The quantitative estimate of drug-likeness (QED) is 0.880. The van der Waals surface area contributed by atoms with Gasteiger partial charge in [-0.05, 0) is 49.9 Å². The van der Waals surface area contributed by atoms with E-state index >= 15 is 0 Å². The van der Waals surface area contributed by atoms with Crippen LogP contribution < -0.4 is 15.4 Å². The van der Waals surface area contributed by atoms with Crippen LogP contribution in [0.5, 0.6) is 5.75 Å². The molecule has 130 valence electrons. The molecule has 2 N–H and O–H groups in total. The van der Waals surface area contributed by atoms with E-state index in [2.05, 4.69) is 15.6 Å². The summed E-state index contributed by atoms with van der Waals surface area (Å²) in [4.78, 5) is 16.7. The topological polar surface area (TPSA) is 63.2 Å². The lowest BCUT2D eigenvalue weighted by Gasteiger charge is -2.29. The minimum Gasteiger partial charge on any atom is -0.489 e. The fourth-order valence-corrected chi connectivity index (χ4v) is 3.82. The second-order valence-electron chi connectivity index (χ2n) is 6.96. The molecule has 2 unspecified atom stereocenters. The van der Waals surface area contributed by atoms with Gasteiger partial charge in [0.25, 0.3) is 5.91 Å². The second kappa shape index (κ2) is 7.23. The van der Waals surface area contributed by atoms with Gasteiger partial charge in [0.1, 0.15) is 12.4 Å². The van der Waals surface area contributed by atoms with Crippen LogP contribution in [0, 0.1) is 0 Å². The molecule has 5 nitrogen and oxygen atoms in total. The van der Waals surface area contributed by atoms with Crippen LogP contribution >= 0.6 is 0 Å². The van der Waals surface area contributed by atoms with E-state index in [4.69, 9.17) is 4.74 Å². The molecule has 2 aromatic rings. The largest absolute Gasteiger partial charge is 0.489 e. The predicted molar refractivity (Wildman–Crippen MR) is 95.4 cm³/mol. The number of pyridine rings is 1. The Balaban J connectivity index is 1.36. The molecular weight excluding hydrogens is 314 g/mol. The molecule has 1 amide bonds. The second-order valence-corrected chi connectivity index (χ2v) is 6.96. The number of aromatic nitrogens is 1. The van der Waals surface area contributed by atoms with E-state index in [-0.39, 0.29) is 11.9 Å². The average molecular weight is 337 g/mol. The van der Waals surface area contributed by atoms with Crippen molar-refractivity contribution in [2.45, 2.75) is 50.4 Å². The number of fused-ring (bicyclic) bond motifs is 2. The zero-order valence-corrected chi connectivity index (χ0v) is 14.2. The number of benzene rings is 1. The highest BCUT2D eigenvalue weighted by molar-refractivity contribution is 5.94. The highest BCUT2D eigenvalue weighted by Gasteiger charge is 2.34. The van der Waals surface area contributed by atoms with Crippen LogP contribution in [0.25, 0.3) is 0 Å². The molecule has 2 atom stereocenters. The summed E-state index contributed by atoms with van der Waals surface area (Å²) in [7, 11) is 0. The zero-order valence-electron chi connectivity index (χ0n) is 14.2. The molecule has 0 radical (unpaired) electrons. The van der Waals surface area contributed by atoms with Crippen LogP contribution in [-0.2, 0) is 6.61 Å². The van der Waals surface area contributed by atoms with Crippen molar-refractivity contribution in [3.8, 4) is 5.75 Å². The Morgan fingerprint density at radius 1 is 1.20 bits per heavy atom. The van der Waals surface area contributed by atoms with E-state index in [0.29, 0.717) is 30.0 Å². The van der Waals surface area contributed by atoms with Crippen molar-refractivity contribution < 1.29 is 9.53 Å². The molecule has 2 aliphatic heterocycles. The lowest BCUT2D eigenvalue weighted by atomic mass is 9.99. The Labute approximate surface area is 147 Å². The Morgan fingerprint density at radius 3 is 2.80 bits per heavy atom. The van der Waals surface area contributed by atoms with Crippen LogP contribution in [0.2, 0.25) is 0 Å². The van der Waals surface area contributed by atoms with Gasteiger partial charge in [-0.1, -0.05) is 12.1 Å². The van der Waals surface area contributed by atoms with Gasteiger partial charge in [-0.2, -0.15) is 0 Å². The summed E-state index contributed by atoms with van der Waals surface area (Å²) in [6, 6.07) is 12.6. The fourth-order valence-electron chi connectivity index (χ4n) is 3.82. The van der Waals surface area contributed by atoms with E-state index in [1.54, 1.807) is 18.5 Å². The normalized spacial score (nSPS) is 24.7. The SMILES string of the molecule is O=C(NC1CC2CCC(C1)N2)c1cccc(OCc2cccnc2)c1. The molecular formula is C20H23N3O2. The molecule has 0 saturated carbocycles. The Morgan fingerprint density at radius 2 is 2.04 bits per heavy atom. The van der Waals surface area contributed by atoms with Crippen molar-refractivity contribution in [3.05, 3.63) is 59.9 Å². The van der Waals surface area contributed by atoms with Crippen molar-refractivity contribution >= 4 is 5.91 Å². The number of hydrogen-bond donors (Lipinski definition) is 2. The summed E-state index contributed by atoms with van der Waals surface area (Å²) >= 11 is 0. The van der Waals surface area contributed by atoms with Gasteiger partial charge < -0.3 is 15.4 Å². The molecule has 0 spiro atoms. The third-order valence-electron chi connectivity index (χ3n) is 5.03. The number of carbonyl (C=O) groups is 1. The van der Waals surface area contributed by atoms with Gasteiger partial charge in [0.2, 0.25) is 0 Å². The molecule has 1 aromatic carbocycles. The Kier molecular flexibility index (Phi) is 4.65. The summed E-state index contributed by atoms with van der Waals surface area (Å²) in [6.07, 6.45) is 8.03. The third-order valence-corrected chi connectivity index (χ3v) is 5.03. The van der Waals surface area contributed by atoms with Gasteiger partial charge in [-0.3, -0.25) is 9.78 Å². The standard InChI is InChI=1S/C20H23N3O2/c24-20(23-18-10-16-6-7-17(11-18)22-16)15-4-1-5-19(9-15)25-13-14-3-2-8-21-12-14/h1-5,8-9,12,16-18,22H,6-7,10-11,13H2,(H,23,24). The summed E-state index contributed by atoms with van der Waals surface area (Å²) in [5.74, 6) is 0.681. The number of carbonyl (C=O) groups excluding carboxylic acids is 1. The van der Waals surface area contributed by atoms with E-state index in [1.807, 2.05) is 30.3 Å². The molecule has 2 saturated heterocycles. The smallest absolute Gasteiger partial charge is 0.251 e. The van der Waals surface area contributed by atoms with Crippen molar-refractivity contribution in [2.24, 2.45) is 0 Å². The van der Waals surface area contributed by atoms with Gasteiger partial charge in [0, 0.05) is 41.6 Å². The van der Waals surface area contributed by atoms with Gasteiger partial charge in [-0.15, -0.1) is 0 Å². The summed E-state index contributed by atoms with van der Waals surface area (Å²) in [6.45, 7) is 0.441. The first-order valence-corrected chi connectivity index (χ1v) is 8.95. The van der Waals surface area contributed by atoms with Gasteiger partial charge in [0.15, 0.2) is 0 Å². The number of nitrogens with zero attached hydrogens (tertiary/aromatic N) is 1. The van der Waals surface area contributed by atoms with Crippen LogP contribution in [0.4, 0.5) is 0 Å². The van der Waals surface area contributed by atoms with Gasteiger partial charge in [-0.25, -0.2) is 0 Å². The van der Waals surface area contributed by atoms with E-state index in [1.165, 1.54) is 12.8 Å². The van der Waals surface area contributed by atoms with Crippen molar-refractivity contribution in [1.29, 1.82) is 0 Å². The first-order chi connectivity index (χ1) is 12.3.